The largest absolute Gasteiger partial charge is 0.326 e. The zero-order chi connectivity index (χ0) is 17.6. The van der Waals surface area contributed by atoms with Crippen LogP contribution in [0.4, 0.5) is 5.69 Å². The van der Waals surface area contributed by atoms with E-state index in [1.54, 1.807) is 19.2 Å². The lowest BCUT2D eigenvalue weighted by atomic mass is 10.2. The Bertz CT molecular complexity index is 777. The first-order chi connectivity index (χ1) is 11.4. The third-order valence-electron chi connectivity index (χ3n) is 3.42. The molecule has 0 spiro atoms. The monoisotopic (exact) mass is 366 g/mol. The van der Waals surface area contributed by atoms with Gasteiger partial charge in [0.1, 0.15) is 0 Å². The van der Waals surface area contributed by atoms with Crippen LogP contribution in [0.5, 0.6) is 0 Å². The van der Waals surface area contributed by atoms with Gasteiger partial charge in [0.2, 0.25) is 15.9 Å². The van der Waals surface area contributed by atoms with Crippen molar-refractivity contribution in [1.82, 2.24) is 4.31 Å². The lowest BCUT2D eigenvalue weighted by Gasteiger charge is -2.17. The van der Waals surface area contributed by atoms with E-state index in [2.05, 4.69) is 5.32 Å². The van der Waals surface area contributed by atoms with Crippen molar-refractivity contribution < 1.29 is 13.2 Å². The first-order valence-electron chi connectivity index (χ1n) is 7.39. The average Bonchev–Trinajstić information content (AvgIpc) is 2.56. The van der Waals surface area contributed by atoms with Crippen LogP contribution in [0.25, 0.3) is 0 Å². The molecule has 0 atom stereocenters. The summed E-state index contributed by atoms with van der Waals surface area (Å²) in [6.07, 6.45) is 0.210. The normalized spacial score (nSPS) is 11.5. The molecule has 0 heterocycles. The van der Waals surface area contributed by atoms with E-state index < -0.39 is 10.0 Å². The summed E-state index contributed by atoms with van der Waals surface area (Å²) in [5, 5.41) is 2.66. The molecule has 0 aromatic heterocycles. The van der Waals surface area contributed by atoms with Crippen LogP contribution in [-0.4, -0.2) is 31.6 Å². The lowest BCUT2D eigenvalue weighted by molar-refractivity contribution is -0.115. The van der Waals surface area contributed by atoms with Gasteiger partial charge >= 0.3 is 0 Å². The van der Waals surface area contributed by atoms with Gasteiger partial charge < -0.3 is 5.32 Å². The summed E-state index contributed by atoms with van der Waals surface area (Å²) in [5.74, 6) is 0.0320. The first kappa shape index (κ1) is 18.4. The third kappa shape index (κ3) is 4.80. The number of carbonyl (C=O) groups excluding carboxylic acids is 1. The number of sulfonamides is 1. The summed E-state index contributed by atoms with van der Waals surface area (Å²) in [6.45, 7) is 0.289. The number of nitrogens with zero attached hydrogens (tertiary/aromatic N) is 1. The number of amides is 1. The first-order valence-corrected chi connectivity index (χ1v) is 9.37. The summed E-state index contributed by atoms with van der Waals surface area (Å²) >= 11 is 5.50. The van der Waals surface area contributed by atoms with E-state index in [-0.39, 0.29) is 29.6 Å². The quantitative estimate of drug-likeness (QED) is 0.766. The molecular formula is C17H19ClN2O3S. The lowest BCUT2D eigenvalue weighted by Crippen LogP contribution is -2.26. The van der Waals surface area contributed by atoms with Gasteiger partial charge in [0.05, 0.1) is 4.90 Å². The molecule has 128 valence electrons. The molecule has 0 aliphatic carbocycles. The van der Waals surface area contributed by atoms with Crippen molar-refractivity contribution in [1.29, 1.82) is 0 Å². The second-order valence-electron chi connectivity index (χ2n) is 5.26. The summed E-state index contributed by atoms with van der Waals surface area (Å²) in [7, 11) is -2.05. The van der Waals surface area contributed by atoms with Crippen molar-refractivity contribution in [2.45, 2.75) is 17.9 Å². The van der Waals surface area contributed by atoms with Crippen molar-refractivity contribution in [2.24, 2.45) is 0 Å². The Morgan fingerprint density at radius 1 is 1.08 bits per heavy atom. The van der Waals surface area contributed by atoms with Gasteiger partial charge in [0.15, 0.2) is 0 Å². The molecular weight excluding hydrogens is 348 g/mol. The van der Waals surface area contributed by atoms with Crippen LogP contribution in [0, 0.1) is 0 Å². The van der Waals surface area contributed by atoms with Crippen LogP contribution in [0.15, 0.2) is 59.5 Å². The van der Waals surface area contributed by atoms with Crippen molar-refractivity contribution >= 4 is 33.2 Å². The molecule has 0 aliphatic heterocycles. The van der Waals surface area contributed by atoms with Gasteiger partial charge in [0, 0.05) is 31.6 Å². The number of alkyl halides is 1. The van der Waals surface area contributed by atoms with Crippen LogP contribution in [0.2, 0.25) is 0 Å². The Kier molecular flexibility index (Phi) is 6.36. The Morgan fingerprint density at radius 3 is 2.29 bits per heavy atom. The van der Waals surface area contributed by atoms with E-state index in [4.69, 9.17) is 11.6 Å². The Labute approximate surface area is 147 Å². The topological polar surface area (TPSA) is 66.5 Å². The van der Waals surface area contributed by atoms with Crippen LogP contribution >= 0.6 is 11.6 Å². The Balaban J connectivity index is 2.10. The summed E-state index contributed by atoms with van der Waals surface area (Å²) < 4.78 is 26.5. The molecule has 0 radical (unpaired) electrons. The van der Waals surface area contributed by atoms with E-state index in [1.807, 2.05) is 30.3 Å². The van der Waals surface area contributed by atoms with E-state index in [0.717, 1.165) is 5.56 Å². The molecule has 1 N–H and O–H groups in total. The smallest absolute Gasteiger partial charge is 0.243 e. The molecule has 0 unspecified atom stereocenters. The summed E-state index contributed by atoms with van der Waals surface area (Å²) in [4.78, 5) is 11.7. The van der Waals surface area contributed by atoms with Crippen molar-refractivity contribution in [2.75, 3.05) is 18.2 Å². The maximum atomic E-state index is 12.6. The van der Waals surface area contributed by atoms with Crippen molar-refractivity contribution in [3.63, 3.8) is 0 Å². The summed E-state index contributed by atoms with van der Waals surface area (Å²) in [6, 6.07) is 15.5. The fraction of sp³-hybridized carbons (Fsp3) is 0.235. The average molecular weight is 367 g/mol. The highest BCUT2D eigenvalue weighted by Gasteiger charge is 2.20. The number of carbonyl (C=O) groups is 1. The molecule has 1 amide bonds. The predicted octanol–water partition coefficient (Wildman–Crippen LogP) is 3.07. The number of hydrogen-bond donors (Lipinski definition) is 1. The number of nitrogens with one attached hydrogen (secondary N) is 1. The maximum Gasteiger partial charge on any atom is 0.243 e. The van der Waals surface area contributed by atoms with Crippen molar-refractivity contribution in [3.8, 4) is 0 Å². The second kappa shape index (κ2) is 8.28. The molecule has 2 rings (SSSR count). The third-order valence-corrected chi connectivity index (χ3v) is 5.42. The van der Waals surface area contributed by atoms with Crippen molar-refractivity contribution in [3.05, 3.63) is 60.2 Å². The highest BCUT2D eigenvalue weighted by Crippen LogP contribution is 2.19. The molecule has 0 fully saturated rings. The minimum absolute atomic E-state index is 0.177. The van der Waals surface area contributed by atoms with Crippen LogP contribution in [-0.2, 0) is 21.4 Å². The molecule has 0 saturated carbocycles. The predicted molar refractivity (Wildman–Crippen MR) is 95.5 cm³/mol. The number of anilines is 1. The zero-order valence-electron chi connectivity index (χ0n) is 13.3. The van der Waals surface area contributed by atoms with Gasteiger partial charge in [-0.15, -0.1) is 11.6 Å². The standard InChI is InChI=1S/C17H19ClN2O3S/c1-20(13-14-5-3-2-4-6-14)24(22,23)16-9-7-15(8-10-16)19-17(21)11-12-18/h2-10H,11-13H2,1H3,(H,19,21). The number of halogens is 1. The molecule has 5 nitrogen and oxygen atoms in total. The van der Waals surface area contributed by atoms with E-state index in [9.17, 15) is 13.2 Å². The molecule has 7 heteroatoms. The minimum Gasteiger partial charge on any atom is -0.326 e. The molecule has 0 saturated heterocycles. The Hall–Kier alpha value is -1.89. The van der Waals surface area contributed by atoms with Crippen LogP contribution in [0.1, 0.15) is 12.0 Å². The highest BCUT2D eigenvalue weighted by molar-refractivity contribution is 7.89. The van der Waals surface area contributed by atoms with Crippen LogP contribution in [0.3, 0.4) is 0 Å². The molecule has 0 aliphatic rings. The highest BCUT2D eigenvalue weighted by atomic mass is 35.5. The molecule has 2 aromatic rings. The number of benzene rings is 2. The van der Waals surface area contributed by atoms with Gasteiger partial charge in [-0.25, -0.2) is 8.42 Å². The Morgan fingerprint density at radius 2 is 1.71 bits per heavy atom. The SMILES string of the molecule is CN(Cc1ccccc1)S(=O)(=O)c1ccc(NC(=O)CCCl)cc1. The van der Waals surface area contributed by atoms with Gasteiger partial charge in [-0.05, 0) is 29.8 Å². The van der Waals surface area contributed by atoms with Gasteiger partial charge in [-0.2, -0.15) is 4.31 Å². The maximum absolute atomic E-state index is 12.6. The fourth-order valence-corrected chi connectivity index (χ4v) is 3.46. The molecule has 24 heavy (non-hydrogen) atoms. The second-order valence-corrected chi connectivity index (χ2v) is 7.68. The zero-order valence-corrected chi connectivity index (χ0v) is 14.8. The van der Waals surface area contributed by atoms with Gasteiger partial charge in [-0.3, -0.25) is 4.79 Å². The van der Waals surface area contributed by atoms with Gasteiger partial charge in [-0.1, -0.05) is 30.3 Å². The molecule has 2 aromatic carbocycles. The van der Waals surface area contributed by atoms with E-state index in [0.29, 0.717) is 5.69 Å². The molecule has 0 bridgehead atoms. The summed E-state index contributed by atoms with van der Waals surface area (Å²) in [5.41, 5.74) is 1.45. The number of hydrogen-bond acceptors (Lipinski definition) is 3. The van der Waals surface area contributed by atoms with E-state index >= 15 is 0 Å². The van der Waals surface area contributed by atoms with E-state index in [1.165, 1.54) is 16.4 Å². The minimum atomic E-state index is -3.59. The fourth-order valence-electron chi connectivity index (χ4n) is 2.13. The number of rotatable bonds is 7. The van der Waals surface area contributed by atoms with Crippen LogP contribution < -0.4 is 5.32 Å². The van der Waals surface area contributed by atoms with Gasteiger partial charge in [0.25, 0.3) is 0 Å².